The summed E-state index contributed by atoms with van der Waals surface area (Å²) in [4.78, 5) is 4.12. The highest BCUT2D eigenvalue weighted by molar-refractivity contribution is 5.25. The Bertz CT molecular complexity index is 530. The quantitative estimate of drug-likeness (QED) is 0.638. The molecular formula is C14H16FN3O. The monoisotopic (exact) mass is 261 g/mol. The van der Waals surface area contributed by atoms with E-state index < -0.39 is 0 Å². The zero-order valence-electron chi connectivity index (χ0n) is 10.6. The number of rotatable bonds is 5. The van der Waals surface area contributed by atoms with Crippen molar-refractivity contribution < 1.29 is 9.13 Å². The van der Waals surface area contributed by atoms with Gasteiger partial charge in [0.15, 0.2) is 0 Å². The second-order valence-electron chi connectivity index (χ2n) is 4.15. The second-order valence-corrected chi connectivity index (χ2v) is 4.15. The highest BCUT2D eigenvalue weighted by Crippen LogP contribution is 2.20. The van der Waals surface area contributed by atoms with Crippen LogP contribution in [0.1, 0.15) is 17.2 Å². The van der Waals surface area contributed by atoms with Gasteiger partial charge in [-0.15, -0.1) is 0 Å². The second kappa shape index (κ2) is 6.26. The molecule has 1 aromatic heterocycles. The Balaban J connectivity index is 2.17. The number of benzene rings is 1. The summed E-state index contributed by atoms with van der Waals surface area (Å²) in [5.41, 5.74) is 4.13. The molecule has 0 amide bonds. The van der Waals surface area contributed by atoms with Crippen molar-refractivity contribution in [1.82, 2.24) is 10.4 Å². The Labute approximate surface area is 111 Å². The molecule has 1 aromatic carbocycles. The molecule has 0 aliphatic rings. The van der Waals surface area contributed by atoms with Gasteiger partial charge in [0.2, 0.25) is 5.88 Å². The van der Waals surface area contributed by atoms with Crippen molar-refractivity contribution in [3.05, 3.63) is 59.5 Å². The van der Waals surface area contributed by atoms with Gasteiger partial charge in [-0.05, 0) is 18.1 Å². The summed E-state index contributed by atoms with van der Waals surface area (Å²) in [6, 6.07) is 9.94. The van der Waals surface area contributed by atoms with Crippen molar-refractivity contribution >= 4 is 0 Å². The van der Waals surface area contributed by atoms with Crippen LogP contribution in [-0.2, 0) is 6.42 Å². The number of hydrogen-bond donors (Lipinski definition) is 2. The number of hydrogen-bond acceptors (Lipinski definition) is 4. The lowest BCUT2D eigenvalue weighted by atomic mass is 10.00. The van der Waals surface area contributed by atoms with Gasteiger partial charge in [0.25, 0.3) is 0 Å². The van der Waals surface area contributed by atoms with E-state index in [9.17, 15) is 4.39 Å². The van der Waals surface area contributed by atoms with Crippen molar-refractivity contribution in [2.45, 2.75) is 12.5 Å². The number of nitrogens with one attached hydrogen (secondary N) is 1. The maximum absolute atomic E-state index is 13.7. The van der Waals surface area contributed by atoms with Crippen LogP contribution in [0.2, 0.25) is 0 Å². The number of halogens is 1. The van der Waals surface area contributed by atoms with Gasteiger partial charge in [-0.25, -0.2) is 9.37 Å². The third-order valence-corrected chi connectivity index (χ3v) is 2.93. The molecule has 0 radical (unpaired) electrons. The molecule has 0 saturated heterocycles. The van der Waals surface area contributed by atoms with E-state index in [0.29, 0.717) is 17.9 Å². The molecule has 0 fully saturated rings. The summed E-state index contributed by atoms with van der Waals surface area (Å²) in [5, 5.41) is 0. The summed E-state index contributed by atoms with van der Waals surface area (Å²) in [5.74, 6) is 5.79. The van der Waals surface area contributed by atoms with Crippen LogP contribution in [0.15, 0.2) is 42.6 Å². The number of ether oxygens (including phenoxy) is 1. The van der Waals surface area contributed by atoms with Gasteiger partial charge in [-0.3, -0.25) is 11.3 Å². The van der Waals surface area contributed by atoms with E-state index >= 15 is 0 Å². The predicted molar refractivity (Wildman–Crippen MR) is 71.0 cm³/mol. The molecular weight excluding hydrogens is 245 g/mol. The molecule has 0 spiro atoms. The Morgan fingerprint density at radius 3 is 2.68 bits per heavy atom. The fraction of sp³-hybridized carbons (Fsp3) is 0.214. The number of hydrazine groups is 1. The summed E-state index contributed by atoms with van der Waals surface area (Å²) in [6.07, 6.45) is 2.25. The highest BCUT2D eigenvalue weighted by Gasteiger charge is 2.14. The van der Waals surface area contributed by atoms with Crippen molar-refractivity contribution in [1.29, 1.82) is 0 Å². The summed E-state index contributed by atoms with van der Waals surface area (Å²) in [6.45, 7) is 0. The van der Waals surface area contributed by atoms with E-state index in [4.69, 9.17) is 10.6 Å². The normalized spacial score (nSPS) is 12.2. The molecule has 1 unspecified atom stereocenters. The molecule has 0 aliphatic heterocycles. The first kappa shape index (κ1) is 13.5. The van der Waals surface area contributed by atoms with E-state index in [-0.39, 0.29) is 11.9 Å². The molecule has 0 aliphatic carbocycles. The van der Waals surface area contributed by atoms with Crippen molar-refractivity contribution in [3.63, 3.8) is 0 Å². The maximum Gasteiger partial charge on any atom is 0.212 e. The molecule has 100 valence electrons. The molecule has 2 rings (SSSR count). The van der Waals surface area contributed by atoms with Gasteiger partial charge in [0, 0.05) is 17.8 Å². The minimum atomic E-state index is -0.295. The van der Waals surface area contributed by atoms with E-state index in [1.165, 1.54) is 6.07 Å². The minimum absolute atomic E-state index is 0.271. The zero-order chi connectivity index (χ0) is 13.7. The molecule has 5 heteroatoms. The number of nitrogens with zero attached hydrogens (tertiary/aromatic N) is 1. The van der Waals surface area contributed by atoms with Gasteiger partial charge in [0.1, 0.15) is 5.82 Å². The first-order valence-electron chi connectivity index (χ1n) is 5.94. The lowest BCUT2D eigenvalue weighted by Gasteiger charge is -2.17. The first-order valence-corrected chi connectivity index (χ1v) is 5.94. The summed E-state index contributed by atoms with van der Waals surface area (Å²) < 4.78 is 18.7. The molecule has 2 aromatic rings. The van der Waals surface area contributed by atoms with Crippen LogP contribution < -0.4 is 16.0 Å². The van der Waals surface area contributed by atoms with Gasteiger partial charge in [-0.1, -0.05) is 24.3 Å². The van der Waals surface area contributed by atoms with Crippen molar-refractivity contribution in [2.24, 2.45) is 5.84 Å². The minimum Gasteiger partial charge on any atom is -0.481 e. The van der Waals surface area contributed by atoms with E-state index in [1.807, 2.05) is 6.07 Å². The van der Waals surface area contributed by atoms with Gasteiger partial charge >= 0.3 is 0 Å². The molecule has 1 atom stereocenters. The number of aromatic nitrogens is 1. The average molecular weight is 261 g/mol. The summed E-state index contributed by atoms with van der Waals surface area (Å²) in [7, 11) is 1.56. The average Bonchev–Trinajstić information content (AvgIpc) is 2.46. The van der Waals surface area contributed by atoms with Gasteiger partial charge in [0.05, 0.1) is 13.2 Å². The Morgan fingerprint density at radius 2 is 2.11 bits per heavy atom. The lowest BCUT2D eigenvalue weighted by Crippen LogP contribution is -2.30. The van der Waals surface area contributed by atoms with Crippen LogP contribution in [0, 0.1) is 5.82 Å². The highest BCUT2D eigenvalue weighted by atomic mass is 19.1. The predicted octanol–water partition coefficient (Wildman–Crippen LogP) is 1.98. The largest absolute Gasteiger partial charge is 0.481 e. The maximum atomic E-state index is 13.7. The Kier molecular flexibility index (Phi) is 4.43. The fourth-order valence-corrected chi connectivity index (χ4v) is 1.90. The number of nitrogens with two attached hydrogens (primary N) is 1. The van der Waals surface area contributed by atoms with Gasteiger partial charge in [-0.2, -0.15) is 0 Å². The van der Waals surface area contributed by atoms with Crippen LogP contribution in [0.3, 0.4) is 0 Å². The SMILES string of the molecule is COc1ccc(CC(NN)c2ccccc2F)cn1. The van der Waals surface area contributed by atoms with Gasteiger partial charge < -0.3 is 4.74 Å². The third-order valence-electron chi connectivity index (χ3n) is 2.93. The zero-order valence-corrected chi connectivity index (χ0v) is 10.6. The molecule has 19 heavy (non-hydrogen) atoms. The van der Waals surface area contributed by atoms with Crippen LogP contribution in [0.4, 0.5) is 4.39 Å². The van der Waals surface area contributed by atoms with E-state index in [1.54, 1.807) is 37.6 Å². The lowest BCUT2D eigenvalue weighted by molar-refractivity contribution is 0.397. The third kappa shape index (κ3) is 3.27. The van der Waals surface area contributed by atoms with E-state index in [2.05, 4.69) is 10.4 Å². The smallest absolute Gasteiger partial charge is 0.212 e. The molecule has 4 nitrogen and oxygen atoms in total. The standard InChI is InChI=1S/C14H16FN3O/c1-19-14-7-6-10(9-17-14)8-13(18-16)11-4-2-3-5-12(11)15/h2-7,9,13,18H,8,16H2,1H3. The number of methoxy groups -OCH3 is 1. The Hall–Kier alpha value is -1.98. The van der Waals surface area contributed by atoms with Crippen molar-refractivity contribution in [3.8, 4) is 5.88 Å². The van der Waals surface area contributed by atoms with E-state index in [0.717, 1.165) is 5.56 Å². The molecule has 3 N–H and O–H groups in total. The molecule has 1 heterocycles. The van der Waals surface area contributed by atoms with Crippen LogP contribution in [0.5, 0.6) is 5.88 Å². The van der Waals surface area contributed by atoms with Crippen LogP contribution >= 0.6 is 0 Å². The summed E-state index contributed by atoms with van der Waals surface area (Å²) >= 11 is 0. The Morgan fingerprint density at radius 1 is 1.32 bits per heavy atom. The topological polar surface area (TPSA) is 60.2 Å². The number of pyridine rings is 1. The molecule has 0 bridgehead atoms. The first-order chi connectivity index (χ1) is 9.24. The fourth-order valence-electron chi connectivity index (χ4n) is 1.90. The van der Waals surface area contributed by atoms with Crippen LogP contribution in [-0.4, -0.2) is 12.1 Å². The molecule has 0 saturated carbocycles. The van der Waals surface area contributed by atoms with Crippen molar-refractivity contribution in [2.75, 3.05) is 7.11 Å². The van der Waals surface area contributed by atoms with Crippen LogP contribution in [0.25, 0.3) is 0 Å².